The summed E-state index contributed by atoms with van der Waals surface area (Å²) in [5.74, 6) is 0.116. The van der Waals surface area contributed by atoms with Gasteiger partial charge in [-0.3, -0.25) is 14.5 Å². The second-order valence-electron chi connectivity index (χ2n) is 9.13. The molecule has 4 rings (SSSR count). The summed E-state index contributed by atoms with van der Waals surface area (Å²) in [5.41, 5.74) is 4.52. The molecule has 2 heterocycles. The Morgan fingerprint density at radius 1 is 1.03 bits per heavy atom. The number of morpholine rings is 1. The molecule has 0 unspecified atom stereocenters. The van der Waals surface area contributed by atoms with Crippen LogP contribution in [0.2, 0.25) is 0 Å². The summed E-state index contributed by atoms with van der Waals surface area (Å²) >= 11 is 0. The number of amides is 1. The van der Waals surface area contributed by atoms with Crippen molar-refractivity contribution in [3.8, 4) is 0 Å². The first-order valence-electron chi connectivity index (χ1n) is 11.6. The van der Waals surface area contributed by atoms with E-state index in [1.54, 1.807) is 6.07 Å². The van der Waals surface area contributed by atoms with E-state index in [2.05, 4.69) is 48.3 Å². The maximum atomic E-state index is 13.0. The molecule has 1 N–H and O–H groups in total. The molecule has 3 aromatic rings. The van der Waals surface area contributed by atoms with E-state index in [9.17, 15) is 9.59 Å². The first-order chi connectivity index (χ1) is 15.8. The largest absolute Gasteiger partial charge is 0.450 e. The van der Waals surface area contributed by atoms with Gasteiger partial charge in [-0.1, -0.05) is 44.2 Å². The zero-order valence-electron chi connectivity index (χ0n) is 19.8. The lowest BCUT2D eigenvalue weighted by Gasteiger charge is -2.35. The van der Waals surface area contributed by atoms with Gasteiger partial charge in [-0.15, -0.1) is 0 Å². The van der Waals surface area contributed by atoms with Crippen LogP contribution in [0.3, 0.4) is 0 Å². The summed E-state index contributed by atoms with van der Waals surface area (Å²) in [6.07, 6.45) is 0. The smallest absolute Gasteiger partial charge is 0.287 e. The topological polar surface area (TPSA) is 71.8 Å². The molecule has 0 saturated carbocycles. The molecule has 0 aliphatic carbocycles. The molecule has 33 heavy (non-hydrogen) atoms. The quantitative estimate of drug-likeness (QED) is 0.608. The van der Waals surface area contributed by atoms with Crippen molar-refractivity contribution in [2.75, 3.05) is 32.8 Å². The molecule has 1 fully saturated rings. The predicted molar refractivity (Wildman–Crippen MR) is 130 cm³/mol. The third-order valence-corrected chi connectivity index (χ3v) is 6.31. The molecule has 0 bridgehead atoms. The van der Waals surface area contributed by atoms with Gasteiger partial charge in [-0.2, -0.15) is 0 Å². The Labute approximate surface area is 194 Å². The number of fused-ring (bicyclic) bond motifs is 1. The highest BCUT2D eigenvalue weighted by atomic mass is 16.5. The average Bonchev–Trinajstić information content (AvgIpc) is 2.80. The van der Waals surface area contributed by atoms with Gasteiger partial charge >= 0.3 is 0 Å². The maximum absolute atomic E-state index is 13.0. The van der Waals surface area contributed by atoms with Crippen molar-refractivity contribution >= 4 is 16.9 Å². The Morgan fingerprint density at radius 2 is 1.70 bits per heavy atom. The monoisotopic (exact) mass is 448 g/mol. The number of nitrogens with zero attached hydrogens (tertiary/aromatic N) is 1. The van der Waals surface area contributed by atoms with E-state index in [1.807, 2.05) is 19.9 Å². The third-order valence-electron chi connectivity index (χ3n) is 6.31. The van der Waals surface area contributed by atoms with Gasteiger partial charge in [0.25, 0.3) is 5.91 Å². The molecule has 1 aliphatic heterocycles. The fraction of sp³-hybridized carbons (Fsp3) is 0.407. The first kappa shape index (κ1) is 23.2. The molecule has 6 nitrogen and oxygen atoms in total. The molecule has 0 spiro atoms. The van der Waals surface area contributed by atoms with Crippen LogP contribution in [0, 0.1) is 13.8 Å². The van der Waals surface area contributed by atoms with Gasteiger partial charge in [-0.25, -0.2) is 0 Å². The van der Waals surface area contributed by atoms with Crippen LogP contribution in [0.5, 0.6) is 0 Å². The lowest BCUT2D eigenvalue weighted by atomic mass is 9.98. The first-order valence-corrected chi connectivity index (χ1v) is 11.6. The summed E-state index contributed by atoms with van der Waals surface area (Å²) < 4.78 is 11.4. The van der Waals surface area contributed by atoms with E-state index < -0.39 is 0 Å². The molecule has 1 atom stereocenters. The van der Waals surface area contributed by atoms with E-state index in [1.165, 1.54) is 11.6 Å². The minimum atomic E-state index is -0.383. The molecule has 1 saturated heterocycles. The fourth-order valence-corrected chi connectivity index (χ4v) is 4.45. The average molecular weight is 449 g/mol. The molecule has 0 radical (unpaired) electrons. The van der Waals surface area contributed by atoms with Crippen LogP contribution < -0.4 is 10.7 Å². The second-order valence-corrected chi connectivity index (χ2v) is 9.13. The number of hydrogen-bond acceptors (Lipinski definition) is 5. The van der Waals surface area contributed by atoms with Crippen LogP contribution in [0.25, 0.3) is 11.0 Å². The van der Waals surface area contributed by atoms with Crippen LogP contribution in [-0.2, 0) is 4.74 Å². The Balaban J connectivity index is 1.57. The van der Waals surface area contributed by atoms with Gasteiger partial charge in [0.15, 0.2) is 11.2 Å². The van der Waals surface area contributed by atoms with E-state index >= 15 is 0 Å². The van der Waals surface area contributed by atoms with Crippen molar-refractivity contribution in [2.45, 2.75) is 39.7 Å². The zero-order valence-corrected chi connectivity index (χ0v) is 19.8. The lowest BCUT2D eigenvalue weighted by Crippen LogP contribution is -2.43. The van der Waals surface area contributed by atoms with Crippen molar-refractivity contribution in [2.24, 2.45) is 0 Å². The number of carbonyl (C=O) groups excluding carboxylic acids is 1. The van der Waals surface area contributed by atoms with Crippen LogP contribution in [-0.4, -0.2) is 43.7 Å². The number of carbonyl (C=O) groups is 1. The second kappa shape index (κ2) is 9.89. The number of benzene rings is 2. The van der Waals surface area contributed by atoms with Crippen LogP contribution in [0.4, 0.5) is 0 Å². The van der Waals surface area contributed by atoms with Gasteiger partial charge in [0.1, 0.15) is 5.58 Å². The van der Waals surface area contributed by atoms with Gasteiger partial charge in [0.2, 0.25) is 0 Å². The Hall–Kier alpha value is -2.96. The number of ether oxygens (including phenoxy) is 1. The molecule has 2 aromatic carbocycles. The Bertz CT molecular complexity index is 1190. The third kappa shape index (κ3) is 5.18. The SMILES string of the molecule is Cc1cc(C)c2oc(C(=O)NC[C@H](c3ccc(C(C)C)cc3)N3CCOCC3)cc(=O)c2c1. The minimum absolute atomic E-state index is 0.00984. The van der Waals surface area contributed by atoms with Gasteiger partial charge in [0.05, 0.1) is 24.6 Å². The van der Waals surface area contributed by atoms with Crippen molar-refractivity contribution < 1.29 is 13.9 Å². The van der Waals surface area contributed by atoms with E-state index in [4.69, 9.17) is 9.15 Å². The molecule has 174 valence electrons. The highest BCUT2D eigenvalue weighted by Gasteiger charge is 2.24. The van der Waals surface area contributed by atoms with Crippen LogP contribution in [0.15, 0.2) is 51.7 Å². The summed E-state index contributed by atoms with van der Waals surface area (Å²) in [7, 11) is 0. The Kier molecular flexibility index (Phi) is 6.96. The van der Waals surface area contributed by atoms with E-state index in [0.29, 0.717) is 36.6 Å². The Morgan fingerprint density at radius 3 is 2.36 bits per heavy atom. The molecular formula is C27H32N2O4. The van der Waals surface area contributed by atoms with Crippen LogP contribution in [0.1, 0.15) is 58.6 Å². The normalized spacial score (nSPS) is 15.7. The van der Waals surface area contributed by atoms with Crippen molar-refractivity contribution in [1.82, 2.24) is 10.2 Å². The molecule has 6 heteroatoms. The van der Waals surface area contributed by atoms with Gasteiger partial charge in [-0.05, 0) is 48.1 Å². The number of rotatable bonds is 6. The highest BCUT2D eigenvalue weighted by Crippen LogP contribution is 2.24. The summed E-state index contributed by atoms with van der Waals surface area (Å²) in [4.78, 5) is 28.0. The van der Waals surface area contributed by atoms with Crippen molar-refractivity contribution in [3.05, 3.63) is 80.7 Å². The number of nitrogens with one attached hydrogen (secondary N) is 1. The van der Waals surface area contributed by atoms with E-state index in [-0.39, 0.29) is 23.1 Å². The van der Waals surface area contributed by atoms with E-state index in [0.717, 1.165) is 29.8 Å². The maximum Gasteiger partial charge on any atom is 0.287 e. The van der Waals surface area contributed by atoms with Gasteiger partial charge < -0.3 is 14.5 Å². The number of aryl methyl sites for hydroxylation is 2. The minimum Gasteiger partial charge on any atom is -0.450 e. The molecule has 1 aromatic heterocycles. The number of hydrogen-bond donors (Lipinski definition) is 1. The summed E-state index contributed by atoms with van der Waals surface area (Å²) in [6, 6.07) is 13.6. The zero-order chi connectivity index (χ0) is 23.5. The van der Waals surface area contributed by atoms with Crippen LogP contribution >= 0.6 is 0 Å². The summed E-state index contributed by atoms with van der Waals surface area (Å²) in [6.45, 7) is 11.5. The van der Waals surface area contributed by atoms with Crippen molar-refractivity contribution in [3.63, 3.8) is 0 Å². The highest BCUT2D eigenvalue weighted by molar-refractivity contribution is 5.93. The summed E-state index contributed by atoms with van der Waals surface area (Å²) in [5, 5.41) is 3.50. The van der Waals surface area contributed by atoms with Gasteiger partial charge in [0, 0.05) is 25.7 Å². The fourth-order valence-electron chi connectivity index (χ4n) is 4.45. The molecular weight excluding hydrogens is 416 g/mol. The molecule has 1 amide bonds. The predicted octanol–water partition coefficient (Wildman–Crippen LogP) is 4.34. The standard InChI is InChI=1S/C27H32N2O4/c1-17(2)20-5-7-21(8-6-20)23(29-9-11-32-12-10-29)16-28-27(31)25-15-24(30)22-14-18(3)13-19(4)26(22)33-25/h5-8,13-15,17,23H,9-12,16H2,1-4H3,(H,28,31)/t23-/m1/s1. The lowest BCUT2D eigenvalue weighted by molar-refractivity contribution is 0.0161. The molecule has 1 aliphatic rings. The van der Waals surface area contributed by atoms with Crippen molar-refractivity contribution in [1.29, 1.82) is 0 Å².